The van der Waals surface area contributed by atoms with Crippen molar-refractivity contribution in [1.29, 1.82) is 0 Å². The zero-order valence-electron chi connectivity index (χ0n) is 5.03. The Morgan fingerprint density at radius 1 is 1.50 bits per heavy atom. The van der Waals surface area contributed by atoms with Crippen molar-refractivity contribution < 1.29 is 18.6 Å². The fraction of sp³-hybridized carbons (Fsp3) is 1.00. The number of nitrogens with zero attached hydrogens (tertiary/aromatic N) is 1. The van der Waals surface area contributed by atoms with Gasteiger partial charge in [-0.05, 0) is 0 Å². The zero-order chi connectivity index (χ0) is 6.62. The van der Waals surface area contributed by atoms with Gasteiger partial charge in [0.25, 0.3) is 0 Å². The van der Waals surface area contributed by atoms with Gasteiger partial charge in [-0.25, -0.2) is 0 Å². The fourth-order valence-corrected chi connectivity index (χ4v) is 0.252. The standard InChI is InChI=1S/C4H10F2NO/c1-7(5,6)3-4-8-2/h3-4H2,1-2H3/q+1. The lowest BCUT2D eigenvalue weighted by atomic mass is 10.7. The fourth-order valence-electron chi connectivity index (χ4n) is 0.252. The molecule has 0 bridgehead atoms. The third-order valence-corrected chi connectivity index (χ3v) is 0.688. The minimum atomic E-state index is -2.02. The summed E-state index contributed by atoms with van der Waals surface area (Å²) in [7, 11) is 2.22. The van der Waals surface area contributed by atoms with Gasteiger partial charge in [0.05, 0.1) is 4.93 Å². The van der Waals surface area contributed by atoms with E-state index in [0.717, 1.165) is 7.05 Å². The lowest BCUT2D eigenvalue weighted by Gasteiger charge is -2.04. The molecule has 0 saturated carbocycles. The van der Waals surface area contributed by atoms with Gasteiger partial charge in [-0.15, -0.1) is 0 Å². The molecule has 0 aliphatic rings. The smallest absolute Gasteiger partial charge is 0.178 e. The van der Waals surface area contributed by atoms with Gasteiger partial charge in [0.1, 0.15) is 13.7 Å². The monoisotopic (exact) mass is 126 g/mol. The highest BCUT2D eigenvalue weighted by Crippen LogP contribution is 2.01. The van der Waals surface area contributed by atoms with Gasteiger partial charge in [-0.1, -0.05) is 0 Å². The second-order valence-corrected chi connectivity index (χ2v) is 1.67. The van der Waals surface area contributed by atoms with Gasteiger partial charge in [0.15, 0.2) is 6.54 Å². The predicted molar refractivity (Wildman–Crippen MR) is 25.1 cm³/mol. The molecule has 0 aromatic heterocycles. The maximum Gasteiger partial charge on any atom is 0.178 e. The highest BCUT2D eigenvalue weighted by atomic mass is 19.4. The summed E-state index contributed by atoms with van der Waals surface area (Å²) in [5.74, 6) is 0. The second kappa shape index (κ2) is 2.94. The van der Waals surface area contributed by atoms with Crippen molar-refractivity contribution in [3.8, 4) is 0 Å². The number of quaternary nitrogens is 1. The van der Waals surface area contributed by atoms with Gasteiger partial charge in [-0.3, -0.25) is 0 Å². The predicted octanol–water partition coefficient (Wildman–Crippen LogP) is 0.848. The Balaban J connectivity index is 3.11. The van der Waals surface area contributed by atoms with E-state index in [0.29, 0.717) is 0 Å². The van der Waals surface area contributed by atoms with Crippen molar-refractivity contribution in [3.63, 3.8) is 0 Å². The molecule has 0 heterocycles. The average Bonchev–Trinajstić information content (AvgIpc) is 1.59. The van der Waals surface area contributed by atoms with E-state index in [1.54, 1.807) is 0 Å². The molecule has 0 unspecified atom stereocenters. The Bertz CT molecular complexity index is 61.5. The molecule has 0 amide bonds. The normalized spacial score (nSPS) is 12.0. The van der Waals surface area contributed by atoms with E-state index in [4.69, 9.17) is 0 Å². The van der Waals surface area contributed by atoms with E-state index in [1.807, 2.05) is 0 Å². The number of rotatable bonds is 3. The van der Waals surface area contributed by atoms with Crippen LogP contribution in [0.4, 0.5) is 8.96 Å². The van der Waals surface area contributed by atoms with Crippen LogP contribution in [0.25, 0.3) is 0 Å². The summed E-state index contributed by atoms with van der Waals surface area (Å²) in [6, 6.07) is 0. The van der Waals surface area contributed by atoms with Gasteiger partial charge >= 0.3 is 0 Å². The molecule has 2 nitrogen and oxygen atoms in total. The van der Waals surface area contributed by atoms with Gasteiger partial charge < -0.3 is 4.74 Å². The van der Waals surface area contributed by atoms with Crippen molar-refractivity contribution in [3.05, 3.63) is 0 Å². The molecular formula is C4H10F2NO+. The summed E-state index contributed by atoms with van der Waals surface area (Å²) in [5.41, 5.74) is 0. The summed E-state index contributed by atoms with van der Waals surface area (Å²) >= 11 is 0. The SMILES string of the molecule is COCC[N+](C)(F)F. The Hall–Kier alpha value is -0.220. The maximum absolute atomic E-state index is 11.8. The molecule has 0 aromatic rings. The molecule has 0 aliphatic heterocycles. The van der Waals surface area contributed by atoms with Crippen LogP contribution in [-0.4, -0.2) is 32.2 Å². The van der Waals surface area contributed by atoms with Crippen molar-refractivity contribution in [2.75, 3.05) is 27.3 Å². The molecule has 0 aromatic carbocycles. The molecule has 0 aliphatic carbocycles. The summed E-state index contributed by atoms with van der Waals surface area (Å²) < 4.78 is 28.0. The number of ether oxygens (including phenoxy) is 1. The molecule has 0 N–H and O–H groups in total. The van der Waals surface area contributed by atoms with Crippen LogP contribution in [0.2, 0.25) is 0 Å². The number of methoxy groups -OCH3 is 1. The molecule has 0 spiro atoms. The van der Waals surface area contributed by atoms with Gasteiger partial charge in [0.2, 0.25) is 0 Å². The Morgan fingerprint density at radius 2 is 2.00 bits per heavy atom. The summed E-state index contributed by atoms with van der Waals surface area (Å²) in [4.78, 5) is -2.02. The summed E-state index contributed by atoms with van der Waals surface area (Å²) in [6.45, 7) is -0.153. The molecular weight excluding hydrogens is 116 g/mol. The van der Waals surface area contributed by atoms with E-state index >= 15 is 0 Å². The molecule has 8 heavy (non-hydrogen) atoms. The largest absolute Gasteiger partial charge is 0.379 e. The first-order chi connectivity index (χ1) is 3.56. The zero-order valence-corrected chi connectivity index (χ0v) is 5.03. The first kappa shape index (κ1) is 7.78. The van der Waals surface area contributed by atoms with Crippen LogP contribution in [-0.2, 0) is 4.74 Å². The van der Waals surface area contributed by atoms with Crippen LogP contribution in [0.1, 0.15) is 0 Å². The molecule has 4 heteroatoms. The van der Waals surface area contributed by atoms with E-state index < -0.39 is 4.93 Å². The summed E-state index contributed by atoms with van der Waals surface area (Å²) in [5, 5.41) is 0. The first-order valence-corrected chi connectivity index (χ1v) is 2.30. The number of hydrogen-bond donors (Lipinski definition) is 0. The van der Waals surface area contributed by atoms with Crippen molar-refractivity contribution >= 4 is 0 Å². The first-order valence-electron chi connectivity index (χ1n) is 2.30. The van der Waals surface area contributed by atoms with Crippen LogP contribution < -0.4 is 0 Å². The van der Waals surface area contributed by atoms with E-state index in [-0.39, 0.29) is 13.2 Å². The second-order valence-electron chi connectivity index (χ2n) is 1.67. The highest BCUT2D eigenvalue weighted by molar-refractivity contribution is 4.16. The number of halogens is 2. The van der Waals surface area contributed by atoms with Crippen LogP contribution in [0.3, 0.4) is 0 Å². The topological polar surface area (TPSA) is 9.23 Å². The molecule has 0 fully saturated rings. The third kappa shape index (κ3) is 5.78. The van der Waals surface area contributed by atoms with Gasteiger partial charge in [0, 0.05) is 16.1 Å². The van der Waals surface area contributed by atoms with Crippen molar-refractivity contribution in [1.82, 2.24) is 0 Å². The minimum absolute atomic E-state index is 0.101. The molecule has 0 saturated heterocycles. The Kier molecular flexibility index (Phi) is 2.86. The molecule has 0 rings (SSSR count). The van der Waals surface area contributed by atoms with Crippen LogP contribution in [0.15, 0.2) is 0 Å². The van der Waals surface area contributed by atoms with Crippen LogP contribution in [0.5, 0.6) is 0 Å². The quantitative estimate of drug-likeness (QED) is 0.509. The molecule has 0 radical (unpaired) electrons. The van der Waals surface area contributed by atoms with E-state index in [1.165, 1.54) is 7.11 Å². The Labute approximate surface area is 47.1 Å². The van der Waals surface area contributed by atoms with Crippen LogP contribution in [0, 0.1) is 0 Å². The molecule has 0 atom stereocenters. The lowest BCUT2D eigenvalue weighted by Crippen LogP contribution is -2.28. The highest BCUT2D eigenvalue weighted by Gasteiger charge is 2.19. The number of hydrogen-bond acceptors (Lipinski definition) is 1. The van der Waals surface area contributed by atoms with Crippen molar-refractivity contribution in [2.24, 2.45) is 0 Å². The van der Waals surface area contributed by atoms with Crippen LogP contribution >= 0.6 is 0 Å². The van der Waals surface area contributed by atoms with Gasteiger partial charge in [-0.2, -0.15) is 0 Å². The molecule has 50 valence electrons. The third-order valence-electron chi connectivity index (χ3n) is 0.688. The number of likely N-dealkylation sites (N-methyl/N-ethyl adjacent to an activating group) is 1. The lowest BCUT2D eigenvalue weighted by molar-refractivity contribution is -1.15. The Morgan fingerprint density at radius 3 is 2.12 bits per heavy atom. The van der Waals surface area contributed by atoms with Crippen molar-refractivity contribution in [2.45, 2.75) is 0 Å². The van der Waals surface area contributed by atoms with E-state index in [2.05, 4.69) is 4.74 Å². The average molecular weight is 126 g/mol. The minimum Gasteiger partial charge on any atom is -0.379 e. The van der Waals surface area contributed by atoms with E-state index in [9.17, 15) is 8.96 Å². The summed E-state index contributed by atoms with van der Waals surface area (Å²) in [6.07, 6.45) is 0. The maximum atomic E-state index is 11.8.